The van der Waals surface area contributed by atoms with Crippen LogP contribution in [0.4, 0.5) is 0 Å². The summed E-state index contributed by atoms with van der Waals surface area (Å²) >= 11 is 0. The van der Waals surface area contributed by atoms with Crippen molar-refractivity contribution in [2.75, 3.05) is 6.54 Å². The molecule has 0 radical (unpaired) electrons. The van der Waals surface area contributed by atoms with Crippen molar-refractivity contribution >= 4 is 5.91 Å². The Balaban J connectivity index is 1.83. The molecule has 1 amide bonds. The fourth-order valence-electron chi connectivity index (χ4n) is 2.17. The molecule has 94 valence electrons. The maximum absolute atomic E-state index is 11.7. The van der Waals surface area contributed by atoms with Crippen molar-refractivity contribution in [3.05, 3.63) is 11.6 Å². The summed E-state index contributed by atoms with van der Waals surface area (Å²) in [5.41, 5.74) is 0. The molecule has 0 aromatic carbocycles. The van der Waals surface area contributed by atoms with Gasteiger partial charge in [0.05, 0.1) is 6.10 Å². The predicted molar refractivity (Wildman–Crippen MR) is 61.4 cm³/mol. The molecule has 3 N–H and O–H groups in total. The molecule has 2 rings (SSSR count). The highest BCUT2D eigenvalue weighted by atomic mass is 16.3. The highest BCUT2D eigenvalue weighted by Gasteiger charge is 2.23. The molecule has 0 spiro atoms. The second-order valence-electron chi connectivity index (χ2n) is 4.57. The number of amides is 1. The Morgan fingerprint density at radius 1 is 1.53 bits per heavy atom. The van der Waals surface area contributed by atoms with Gasteiger partial charge in [0.25, 0.3) is 5.91 Å². The summed E-state index contributed by atoms with van der Waals surface area (Å²) < 4.78 is 0. The Bertz CT molecular complexity index is 391. The number of carbonyl (C=O) groups is 1. The van der Waals surface area contributed by atoms with Gasteiger partial charge in [-0.2, -0.15) is 0 Å². The molecular weight excluding hydrogens is 220 g/mol. The first-order valence-corrected chi connectivity index (χ1v) is 6.02. The maximum Gasteiger partial charge on any atom is 0.290 e. The molecular formula is C11H18N4O2. The lowest BCUT2D eigenvalue weighted by Crippen LogP contribution is -2.37. The van der Waals surface area contributed by atoms with E-state index in [-0.39, 0.29) is 23.8 Å². The van der Waals surface area contributed by atoms with Crippen molar-refractivity contribution in [3.63, 3.8) is 0 Å². The van der Waals surface area contributed by atoms with Crippen LogP contribution in [0.3, 0.4) is 0 Å². The summed E-state index contributed by atoms with van der Waals surface area (Å²) in [6.07, 6.45) is 3.70. The van der Waals surface area contributed by atoms with Gasteiger partial charge < -0.3 is 10.4 Å². The van der Waals surface area contributed by atoms with Crippen LogP contribution in [0.15, 0.2) is 0 Å². The van der Waals surface area contributed by atoms with Crippen molar-refractivity contribution in [1.29, 1.82) is 0 Å². The zero-order valence-corrected chi connectivity index (χ0v) is 9.94. The number of nitrogens with zero attached hydrogens (tertiary/aromatic N) is 2. The van der Waals surface area contributed by atoms with Crippen LogP contribution in [0.25, 0.3) is 0 Å². The Hall–Kier alpha value is -1.43. The Morgan fingerprint density at radius 3 is 2.94 bits per heavy atom. The third kappa shape index (κ3) is 3.03. The predicted octanol–water partition coefficient (Wildman–Crippen LogP) is 0.394. The van der Waals surface area contributed by atoms with Gasteiger partial charge >= 0.3 is 0 Å². The first kappa shape index (κ1) is 12.0. The highest BCUT2D eigenvalue weighted by molar-refractivity contribution is 5.90. The molecule has 1 fully saturated rings. The van der Waals surface area contributed by atoms with Crippen LogP contribution in [-0.2, 0) is 0 Å². The summed E-state index contributed by atoms with van der Waals surface area (Å²) in [5, 5.41) is 18.9. The summed E-state index contributed by atoms with van der Waals surface area (Å²) in [4.78, 5) is 15.6. The smallest absolute Gasteiger partial charge is 0.290 e. The van der Waals surface area contributed by atoms with E-state index < -0.39 is 0 Å². The normalized spacial score (nSPS) is 24.6. The summed E-state index contributed by atoms with van der Waals surface area (Å²) in [7, 11) is 0. The van der Waals surface area contributed by atoms with E-state index in [1.807, 2.05) is 0 Å². The van der Waals surface area contributed by atoms with Crippen LogP contribution in [0, 0.1) is 12.8 Å². The van der Waals surface area contributed by atoms with E-state index >= 15 is 0 Å². The molecule has 2 atom stereocenters. The van der Waals surface area contributed by atoms with Gasteiger partial charge in [-0.3, -0.25) is 9.89 Å². The summed E-state index contributed by atoms with van der Waals surface area (Å²) in [6.45, 7) is 2.24. The standard InChI is InChI=1S/C11H18N4O2/c1-7-13-10(15-14-7)11(17)12-6-8-4-2-3-5-9(8)16/h8-9,16H,2-6H2,1H3,(H,12,17)(H,13,14,15). The molecule has 1 aromatic heterocycles. The Labute approximate surface area is 99.8 Å². The molecule has 6 nitrogen and oxygen atoms in total. The largest absolute Gasteiger partial charge is 0.393 e. The number of aromatic amines is 1. The van der Waals surface area contributed by atoms with Crippen LogP contribution in [0.1, 0.15) is 42.1 Å². The molecule has 6 heteroatoms. The zero-order valence-electron chi connectivity index (χ0n) is 9.94. The minimum absolute atomic E-state index is 0.160. The molecule has 1 aliphatic carbocycles. The molecule has 1 saturated carbocycles. The van der Waals surface area contributed by atoms with E-state index in [0.29, 0.717) is 12.4 Å². The van der Waals surface area contributed by atoms with Gasteiger partial charge in [-0.1, -0.05) is 12.8 Å². The second-order valence-corrected chi connectivity index (χ2v) is 4.57. The van der Waals surface area contributed by atoms with Crippen LogP contribution in [-0.4, -0.2) is 38.8 Å². The molecule has 0 aliphatic heterocycles. The number of carbonyl (C=O) groups excluding carboxylic acids is 1. The van der Waals surface area contributed by atoms with Gasteiger partial charge in [0.15, 0.2) is 0 Å². The third-order valence-electron chi connectivity index (χ3n) is 3.19. The molecule has 1 aliphatic rings. The number of nitrogens with one attached hydrogen (secondary N) is 2. The van der Waals surface area contributed by atoms with Gasteiger partial charge in [0.1, 0.15) is 5.82 Å². The average Bonchev–Trinajstić information content (AvgIpc) is 2.74. The summed E-state index contributed by atoms with van der Waals surface area (Å²) in [5.74, 6) is 0.653. The lowest BCUT2D eigenvalue weighted by atomic mass is 9.86. The lowest BCUT2D eigenvalue weighted by molar-refractivity contribution is 0.0660. The second kappa shape index (κ2) is 5.27. The van der Waals surface area contributed by atoms with Crippen molar-refractivity contribution in [2.24, 2.45) is 5.92 Å². The van der Waals surface area contributed by atoms with Gasteiger partial charge in [-0.25, -0.2) is 4.98 Å². The van der Waals surface area contributed by atoms with Gasteiger partial charge in [0, 0.05) is 12.5 Å². The van der Waals surface area contributed by atoms with Crippen LogP contribution >= 0.6 is 0 Å². The molecule has 2 unspecified atom stereocenters. The number of hydrogen-bond donors (Lipinski definition) is 3. The number of aliphatic hydroxyl groups is 1. The van der Waals surface area contributed by atoms with E-state index in [9.17, 15) is 9.90 Å². The van der Waals surface area contributed by atoms with E-state index in [4.69, 9.17) is 0 Å². The van der Waals surface area contributed by atoms with E-state index in [1.165, 1.54) is 0 Å². The number of aromatic nitrogens is 3. The number of aliphatic hydroxyl groups excluding tert-OH is 1. The maximum atomic E-state index is 11.7. The molecule has 17 heavy (non-hydrogen) atoms. The zero-order chi connectivity index (χ0) is 12.3. The number of hydrogen-bond acceptors (Lipinski definition) is 4. The van der Waals surface area contributed by atoms with Crippen molar-refractivity contribution in [3.8, 4) is 0 Å². The fourth-order valence-corrected chi connectivity index (χ4v) is 2.17. The summed E-state index contributed by atoms with van der Waals surface area (Å²) in [6, 6.07) is 0. The topological polar surface area (TPSA) is 90.9 Å². The van der Waals surface area contributed by atoms with Gasteiger partial charge in [-0.05, 0) is 19.8 Å². The monoisotopic (exact) mass is 238 g/mol. The van der Waals surface area contributed by atoms with Crippen LogP contribution in [0.5, 0.6) is 0 Å². The Kier molecular flexibility index (Phi) is 3.73. The Morgan fingerprint density at radius 2 is 2.29 bits per heavy atom. The average molecular weight is 238 g/mol. The van der Waals surface area contributed by atoms with Crippen molar-refractivity contribution in [1.82, 2.24) is 20.5 Å². The quantitative estimate of drug-likeness (QED) is 0.710. The lowest BCUT2D eigenvalue weighted by Gasteiger charge is -2.27. The molecule has 0 bridgehead atoms. The molecule has 1 aromatic rings. The molecule has 0 saturated heterocycles. The van der Waals surface area contributed by atoms with E-state index in [2.05, 4.69) is 20.5 Å². The fraction of sp³-hybridized carbons (Fsp3) is 0.727. The first-order valence-electron chi connectivity index (χ1n) is 6.02. The molecule has 1 heterocycles. The van der Waals surface area contributed by atoms with E-state index in [0.717, 1.165) is 25.7 Å². The third-order valence-corrected chi connectivity index (χ3v) is 3.19. The van der Waals surface area contributed by atoms with Gasteiger partial charge in [0.2, 0.25) is 5.82 Å². The number of rotatable bonds is 3. The first-order chi connectivity index (χ1) is 8.16. The van der Waals surface area contributed by atoms with E-state index in [1.54, 1.807) is 6.92 Å². The van der Waals surface area contributed by atoms with Gasteiger partial charge in [-0.15, -0.1) is 5.10 Å². The SMILES string of the molecule is Cc1nc(C(=O)NCC2CCCCC2O)n[nH]1. The minimum atomic E-state index is -0.294. The van der Waals surface area contributed by atoms with Crippen molar-refractivity contribution < 1.29 is 9.90 Å². The van der Waals surface area contributed by atoms with Crippen molar-refractivity contribution in [2.45, 2.75) is 38.7 Å². The number of H-pyrrole nitrogens is 1. The number of aryl methyl sites for hydroxylation is 1. The van der Waals surface area contributed by atoms with Crippen LogP contribution in [0.2, 0.25) is 0 Å². The van der Waals surface area contributed by atoms with Crippen LogP contribution < -0.4 is 5.32 Å². The minimum Gasteiger partial charge on any atom is -0.393 e. The highest BCUT2D eigenvalue weighted by Crippen LogP contribution is 2.23.